The van der Waals surface area contributed by atoms with E-state index in [0.29, 0.717) is 10.6 Å². The number of nitrogens with zero attached hydrogens (tertiary/aromatic N) is 1. The third kappa shape index (κ3) is 4.45. The Kier molecular flexibility index (Phi) is 6.26. The number of amides is 1. The first kappa shape index (κ1) is 16.4. The smallest absolute Gasteiger partial charge is 0.255 e. The summed E-state index contributed by atoms with van der Waals surface area (Å²) in [4.78, 5) is 13.9. The molecular formula is C13H17BrClNO3. The molecule has 4 nitrogen and oxygen atoms in total. The predicted molar refractivity (Wildman–Crippen MR) is 78.4 cm³/mol. The van der Waals surface area contributed by atoms with E-state index in [1.807, 2.05) is 0 Å². The number of hydrogen-bond donors (Lipinski definition) is 2. The normalized spacial score (nSPS) is 14.0. The Hall–Kier alpha value is -0.620. The molecule has 0 spiro atoms. The summed E-state index contributed by atoms with van der Waals surface area (Å²) >= 11 is 9.32. The Bertz CT molecular complexity index is 454. The summed E-state index contributed by atoms with van der Waals surface area (Å²) < 4.78 is 0.744. The summed E-state index contributed by atoms with van der Waals surface area (Å²) in [6.07, 6.45) is -0.677. The van der Waals surface area contributed by atoms with Crippen molar-refractivity contribution in [1.29, 1.82) is 0 Å². The lowest BCUT2D eigenvalue weighted by molar-refractivity contribution is 0.0472. The summed E-state index contributed by atoms with van der Waals surface area (Å²) in [7, 11) is 0. The van der Waals surface area contributed by atoms with Crippen LogP contribution >= 0.6 is 27.5 Å². The Morgan fingerprint density at radius 1 is 1.47 bits per heavy atom. The van der Waals surface area contributed by atoms with Crippen molar-refractivity contribution < 1.29 is 15.0 Å². The largest absolute Gasteiger partial charge is 0.394 e. The summed E-state index contributed by atoms with van der Waals surface area (Å²) in [5, 5.41) is 19.0. The van der Waals surface area contributed by atoms with Gasteiger partial charge in [0.1, 0.15) is 0 Å². The highest BCUT2D eigenvalue weighted by Gasteiger charge is 2.24. The second kappa shape index (κ2) is 7.24. The fraction of sp³-hybridized carbons (Fsp3) is 0.462. The van der Waals surface area contributed by atoms with Gasteiger partial charge in [0.2, 0.25) is 0 Å². The zero-order valence-corrected chi connectivity index (χ0v) is 13.1. The van der Waals surface area contributed by atoms with Crippen molar-refractivity contribution in [3.63, 3.8) is 0 Å². The molecule has 0 aliphatic heterocycles. The molecule has 1 rings (SSSR count). The van der Waals surface area contributed by atoms with Gasteiger partial charge in [-0.25, -0.2) is 0 Å². The van der Waals surface area contributed by atoms with Gasteiger partial charge < -0.3 is 15.1 Å². The minimum Gasteiger partial charge on any atom is -0.394 e. The number of aliphatic hydroxyl groups excluding tert-OH is 2. The number of aliphatic hydroxyl groups is 2. The van der Waals surface area contributed by atoms with Crippen LogP contribution in [0.1, 0.15) is 24.2 Å². The number of halogens is 2. The average Bonchev–Trinajstić information content (AvgIpc) is 2.37. The maximum Gasteiger partial charge on any atom is 0.255 e. The van der Waals surface area contributed by atoms with Crippen molar-refractivity contribution in [2.75, 3.05) is 13.2 Å². The Morgan fingerprint density at radius 2 is 2.11 bits per heavy atom. The molecule has 106 valence electrons. The molecule has 0 saturated carbocycles. The van der Waals surface area contributed by atoms with Crippen LogP contribution in [-0.4, -0.2) is 46.3 Å². The van der Waals surface area contributed by atoms with Gasteiger partial charge in [-0.15, -0.1) is 0 Å². The molecule has 2 N–H and O–H groups in total. The Labute approximate surface area is 126 Å². The van der Waals surface area contributed by atoms with Crippen LogP contribution in [0.4, 0.5) is 0 Å². The second-order valence-corrected chi connectivity index (χ2v) is 5.79. The van der Waals surface area contributed by atoms with Gasteiger partial charge in [0.05, 0.1) is 29.3 Å². The molecular weight excluding hydrogens is 334 g/mol. The van der Waals surface area contributed by atoms with Gasteiger partial charge in [-0.1, -0.05) is 27.5 Å². The molecule has 0 radical (unpaired) electrons. The summed E-state index contributed by atoms with van der Waals surface area (Å²) in [6, 6.07) is 4.61. The number of carbonyl (C=O) groups excluding carboxylic acids is 1. The molecule has 1 amide bonds. The lowest BCUT2D eigenvalue weighted by Crippen LogP contribution is -2.44. The zero-order valence-electron chi connectivity index (χ0n) is 10.8. The molecule has 1 aromatic carbocycles. The fourth-order valence-electron chi connectivity index (χ4n) is 1.66. The van der Waals surface area contributed by atoms with E-state index < -0.39 is 12.1 Å². The van der Waals surface area contributed by atoms with Crippen LogP contribution in [0.3, 0.4) is 0 Å². The van der Waals surface area contributed by atoms with E-state index in [1.165, 1.54) is 4.90 Å². The van der Waals surface area contributed by atoms with Crippen LogP contribution in [0, 0.1) is 0 Å². The first-order valence-corrected chi connectivity index (χ1v) is 7.08. The molecule has 0 unspecified atom stereocenters. The molecule has 0 heterocycles. The van der Waals surface area contributed by atoms with Crippen LogP contribution in [-0.2, 0) is 0 Å². The molecule has 1 aromatic rings. The number of benzene rings is 1. The maximum atomic E-state index is 12.5. The van der Waals surface area contributed by atoms with Crippen molar-refractivity contribution >= 4 is 33.4 Å². The first-order valence-electron chi connectivity index (χ1n) is 5.91. The highest BCUT2D eigenvalue weighted by atomic mass is 79.9. The predicted octanol–water partition coefficient (Wildman–Crippen LogP) is 2.31. The summed E-state index contributed by atoms with van der Waals surface area (Å²) in [6.45, 7) is 3.27. The molecule has 0 aliphatic carbocycles. The third-order valence-corrected chi connectivity index (χ3v) is 3.50. The van der Waals surface area contributed by atoms with Crippen molar-refractivity contribution in [2.24, 2.45) is 0 Å². The highest BCUT2D eigenvalue weighted by Crippen LogP contribution is 2.23. The standard InChI is InChI=1S/C13H17BrClNO3/c1-8(7-17)16(6-9(2)18)13(19)11-5-10(14)3-4-12(11)15/h3-5,8-9,17-18H,6-7H2,1-2H3/t8-,9+/m1/s1. The average molecular weight is 351 g/mol. The van der Waals surface area contributed by atoms with Crippen LogP contribution in [0.5, 0.6) is 0 Å². The van der Waals surface area contributed by atoms with E-state index >= 15 is 0 Å². The van der Waals surface area contributed by atoms with E-state index in [2.05, 4.69) is 15.9 Å². The Balaban J connectivity index is 3.07. The van der Waals surface area contributed by atoms with Crippen LogP contribution in [0.2, 0.25) is 5.02 Å². The van der Waals surface area contributed by atoms with E-state index in [0.717, 1.165) is 4.47 Å². The quantitative estimate of drug-likeness (QED) is 0.856. The molecule has 2 atom stereocenters. The van der Waals surface area contributed by atoms with E-state index in [4.69, 9.17) is 11.6 Å². The first-order chi connectivity index (χ1) is 8.86. The minimum absolute atomic E-state index is 0.142. The minimum atomic E-state index is -0.677. The molecule has 19 heavy (non-hydrogen) atoms. The van der Waals surface area contributed by atoms with Gasteiger partial charge in [-0.3, -0.25) is 4.79 Å². The second-order valence-electron chi connectivity index (χ2n) is 4.46. The zero-order chi connectivity index (χ0) is 14.6. The molecule has 0 fully saturated rings. The van der Waals surface area contributed by atoms with Crippen LogP contribution in [0.25, 0.3) is 0 Å². The number of rotatable bonds is 5. The lowest BCUT2D eigenvalue weighted by atomic mass is 10.1. The molecule has 6 heteroatoms. The molecule has 0 bridgehead atoms. The SMILES string of the molecule is C[C@H](O)CN(C(=O)c1cc(Br)ccc1Cl)[C@H](C)CO. The summed E-state index contributed by atoms with van der Waals surface area (Å²) in [5.41, 5.74) is 0.344. The lowest BCUT2D eigenvalue weighted by Gasteiger charge is -2.29. The van der Waals surface area contributed by atoms with Gasteiger partial charge in [0.25, 0.3) is 5.91 Å². The van der Waals surface area contributed by atoms with Crippen molar-refractivity contribution in [1.82, 2.24) is 4.90 Å². The van der Waals surface area contributed by atoms with Gasteiger partial charge in [-0.05, 0) is 32.0 Å². The van der Waals surface area contributed by atoms with Crippen LogP contribution < -0.4 is 0 Å². The van der Waals surface area contributed by atoms with Gasteiger partial charge in [0, 0.05) is 11.0 Å². The molecule has 0 saturated heterocycles. The number of hydrogen-bond acceptors (Lipinski definition) is 3. The third-order valence-electron chi connectivity index (χ3n) is 2.68. The van der Waals surface area contributed by atoms with Crippen LogP contribution in [0.15, 0.2) is 22.7 Å². The maximum absolute atomic E-state index is 12.5. The van der Waals surface area contributed by atoms with Gasteiger partial charge >= 0.3 is 0 Å². The van der Waals surface area contributed by atoms with Gasteiger partial charge in [-0.2, -0.15) is 0 Å². The van der Waals surface area contributed by atoms with Crippen molar-refractivity contribution in [3.8, 4) is 0 Å². The van der Waals surface area contributed by atoms with E-state index in [-0.39, 0.29) is 19.1 Å². The van der Waals surface area contributed by atoms with Crippen molar-refractivity contribution in [2.45, 2.75) is 26.0 Å². The molecule has 0 aliphatic rings. The number of carbonyl (C=O) groups is 1. The Morgan fingerprint density at radius 3 is 2.63 bits per heavy atom. The van der Waals surface area contributed by atoms with E-state index in [1.54, 1.807) is 32.0 Å². The van der Waals surface area contributed by atoms with E-state index in [9.17, 15) is 15.0 Å². The molecule has 0 aromatic heterocycles. The topological polar surface area (TPSA) is 60.8 Å². The highest BCUT2D eigenvalue weighted by molar-refractivity contribution is 9.10. The summed E-state index contributed by atoms with van der Waals surface area (Å²) in [5.74, 6) is -0.311. The monoisotopic (exact) mass is 349 g/mol. The van der Waals surface area contributed by atoms with Crippen molar-refractivity contribution in [3.05, 3.63) is 33.3 Å². The fourth-order valence-corrected chi connectivity index (χ4v) is 2.22. The van der Waals surface area contributed by atoms with Gasteiger partial charge in [0.15, 0.2) is 0 Å².